The lowest BCUT2D eigenvalue weighted by Crippen LogP contribution is -2.28. The molecule has 0 atom stereocenters. The summed E-state index contributed by atoms with van der Waals surface area (Å²) in [5, 5.41) is 0.520. The molecule has 9 heteroatoms. The van der Waals surface area contributed by atoms with Crippen molar-refractivity contribution in [3.8, 4) is 11.5 Å². The van der Waals surface area contributed by atoms with Crippen molar-refractivity contribution in [3.05, 3.63) is 92.8 Å². The Balaban J connectivity index is 1.59. The fourth-order valence-corrected chi connectivity index (χ4v) is 5.01. The summed E-state index contributed by atoms with van der Waals surface area (Å²) in [6.45, 7) is 2.34. The van der Waals surface area contributed by atoms with Crippen molar-refractivity contribution in [2.75, 3.05) is 13.7 Å². The van der Waals surface area contributed by atoms with E-state index in [9.17, 15) is 13.6 Å². The molecule has 4 rings (SSSR count). The number of likely N-dealkylation sites (N-methyl/N-ethyl adjacent to an activating group) is 1. The van der Waals surface area contributed by atoms with Crippen molar-refractivity contribution in [2.45, 2.75) is 13.5 Å². The van der Waals surface area contributed by atoms with Gasteiger partial charge in [-0.3, -0.25) is 9.69 Å². The van der Waals surface area contributed by atoms with Gasteiger partial charge in [-0.15, -0.1) is 0 Å². The summed E-state index contributed by atoms with van der Waals surface area (Å²) in [7, 11) is 1.51. The van der Waals surface area contributed by atoms with Gasteiger partial charge in [-0.25, -0.2) is 13.8 Å². The Kier molecular flexibility index (Phi) is 7.87. The van der Waals surface area contributed by atoms with E-state index in [1.54, 1.807) is 53.4 Å². The van der Waals surface area contributed by atoms with Crippen LogP contribution >= 0.6 is 27.7 Å². The summed E-state index contributed by atoms with van der Waals surface area (Å²) in [5.41, 5.74) is 1.69. The first kappa shape index (κ1) is 24.9. The van der Waals surface area contributed by atoms with Crippen LogP contribution in [0.2, 0.25) is 0 Å². The number of hydrogen-bond donors (Lipinski definition) is 0. The second kappa shape index (κ2) is 11.0. The van der Waals surface area contributed by atoms with Crippen LogP contribution in [0.5, 0.6) is 11.5 Å². The topological polar surface area (TPSA) is 51.1 Å². The zero-order valence-electron chi connectivity index (χ0n) is 18.9. The minimum atomic E-state index is -0.349. The quantitative estimate of drug-likeness (QED) is 0.295. The average molecular weight is 559 g/mol. The van der Waals surface area contributed by atoms with Gasteiger partial charge in [0.25, 0.3) is 5.91 Å². The number of aliphatic imine (C=N–C) groups is 1. The van der Waals surface area contributed by atoms with Gasteiger partial charge in [0, 0.05) is 12.1 Å². The number of ether oxygens (including phenoxy) is 2. The van der Waals surface area contributed by atoms with Gasteiger partial charge in [0.05, 0.1) is 22.2 Å². The summed E-state index contributed by atoms with van der Waals surface area (Å²) in [6, 6.07) is 15.7. The highest BCUT2D eigenvalue weighted by Gasteiger charge is 2.32. The highest BCUT2D eigenvalue weighted by Crippen LogP contribution is 2.40. The van der Waals surface area contributed by atoms with Crippen molar-refractivity contribution in [3.63, 3.8) is 0 Å². The third-order valence-corrected chi connectivity index (χ3v) is 6.73. The number of carbonyl (C=O) groups is 1. The predicted octanol–water partition coefficient (Wildman–Crippen LogP) is 6.94. The molecule has 1 amide bonds. The smallest absolute Gasteiger partial charge is 0.266 e. The summed E-state index contributed by atoms with van der Waals surface area (Å²) in [4.78, 5) is 19.6. The van der Waals surface area contributed by atoms with Gasteiger partial charge in [0.15, 0.2) is 16.7 Å². The lowest BCUT2D eigenvalue weighted by Gasteiger charge is -2.14. The molecule has 1 aliphatic heterocycles. The van der Waals surface area contributed by atoms with Crippen LogP contribution in [0.4, 0.5) is 14.5 Å². The number of amides is 1. The molecule has 5 nitrogen and oxygen atoms in total. The van der Waals surface area contributed by atoms with E-state index in [-0.39, 0.29) is 24.1 Å². The van der Waals surface area contributed by atoms with E-state index in [1.165, 1.54) is 37.1 Å². The first-order valence-corrected chi connectivity index (χ1v) is 12.3. The molecular weight excluding hydrogens is 538 g/mol. The van der Waals surface area contributed by atoms with Crippen molar-refractivity contribution < 1.29 is 23.0 Å². The van der Waals surface area contributed by atoms with E-state index in [0.717, 1.165) is 0 Å². The second-order valence-corrected chi connectivity index (χ2v) is 9.31. The zero-order chi connectivity index (χ0) is 24.9. The molecule has 0 radical (unpaired) electrons. The SMILES string of the molecule is CCN1C(=O)/C(=C\c2cc(Br)c(OCc3ccccc3F)c(OC)c2)SC1=Nc1ccc(F)cc1. The minimum Gasteiger partial charge on any atom is -0.493 e. The molecule has 1 heterocycles. The number of amidine groups is 1. The number of rotatable bonds is 7. The molecule has 0 saturated carbocycles. The molecule has 3 aromatic rings. The number of methoxy groups -OCH3 is 1. The maximum Gasteiger partial charge on any atom is 0.266 e. The fourth-order valence-electron chi connectivity index (χ4n) is 3.38. The monoisotopic (exact) mass is 558 g/mol. The molecule has 0 aromatic heterocycles. The van der Waals surface area contributed by atoms with Gasteiger partial charge in [-0.05, 0) is 88.7 Å². The highest BCUT2D eigenvalue weighted by atomic mass is 79.9. The van der Waals surface area contributed by atoms with E-state index in [0.29, 0.717) is 49.4 Å². The fraction of sp³-hybridized carbons (Fsp3) is 0.154. The molecule has 0 N–H and O–H groups in total. The summed E-state index contributed by atoms with van der Waals surface area (Å²) in [6.07, 6.45) is 1.75. The Labute approximate surface area is 214 Å². The maximum absolute atomic E-state index is 14.0. The molecule has 180 valence electrons. The van der Waals surface area contributed by atoms with Crippen LogP contribution in [-0.2, 0) is 11.4 Å². The van der Waals surface area contributed by atoms with Crippen LogP contribution in [0.25, 0.3) is 6.08 Å². The first-order chi connectivity index (χ1) is 16.9. The van der Waals surface area contributed by atoms with E-state index in [4.69, 9.17) is 9.47 Å². The molecule has 1 saturated heterocycles. The number of halogens is 3. The number of benzene rings is 3. The maximum atomic E-state index is 14.0. The molecule has 1 fully saturated rings. The molecule has 3 aromatic carbocycles. The Morgan fingerprint density at radius 1 is 1.11 bits per heavy atom. The second-order valence-electron chi connectivity index (χ2n) is 7.45. The third-order valence-electron chi connectivity index (χ3n) is 5.14. The third kappa shape index (κ3) is 5.74. The summed E-state index contributed by atoms with van der Waals surface area (Å²) >= 11 is 4.74. The van der Waals surface area contributed by atoms with Crippen LogP contribution in [0, 0.1) is 11.6 Å². The molecule has 0 bridgehead atoms. The van der Waals surface area contributed by atoms with Gasteiger partial charge in [-0.2, -0.15) is 0 Å². The lowest BCUT2D eigenvalue weighted by molar-refractivity contribution is -0.122. The van der Waals surface area contributed by atoms with Gasteiger partial charge in [0.2, 0.25) is 0 Å². The Hall–Kier alpha value is -3.17. The molecule has 0 spiro atoms. The van der Waals surface area contributed by atoms with Crippen LogP contribution in [-0.4, -0.2) is 29.6 Å². The molecule has 35 heavy (non-hydrogen) atoms. The van der Waals surface area contributed by atoms with Crippen molar-refractivity contribution in [1.29, 1.82) is 0 Å². The Morgan fingerprint density at radius 3 is 2.54 bits per heavy atom. The van der Waals surface area contributed by atoms with Gasteiger partial charge in [0.1, 0.15) is 18.2 Å². The molecule has 0 aliphatic carbocycles. The van der Waals surface area contributed by atoms with Gasteiger partial charge >= 0.3 is 0 Å². The van der Waals surface area contributed by atoms with Crippen molar-refractivity contribution >= 4 is 50.5 Å². The Morgan fingerprint density at radius 2 is 1.86 bits per heavy atom. The largest absolute Gasteiger partial charge is 0.493 e. The number of carbonyl (C=O) groups excluding carboxylic acids is 1. The van der Waals surface area contributed by atoms with Crippen LogP contribution in [0.15, 0.2) is 75.0 Å². The Bertz CT molecular complexity index is 1310. The predicted molar refractivity (Wildman–Crippen MR) is 138 cm³/mol. The van der Waals surface area contributed by atoms with Crippen molar-refractivity contribution in [1.82, 2.24) is 4.90 Å². The standard InChI is InChI=1S/C26H21BrF2N2O3S/c1-3-31-25(32)23(35-26(31)30-19-10-8-18(28)9-11-19)14-16-12-20(27)24(22(13-16)33-2)34-15-17-6-4-5-7-21(17)29/h4-14H,3,15H2,1-2H3/b23-14+,30-26?. The molecular formula is C26H21BrF2N2O3S. The van der Waals surface area contributed by atoms with E-state index in [1.807, 2.05) is 6.92 Å². The lowest BCUT2D eigenvalue weighted by atomic mass is 10.1. The normalized spacial score (nSPS) is 15.8. The van der Waals surface area contributed by atoms with Crippen LogP contribution in [0.3, 0.4) is 0 Å². The van der Waals surface area contributed by atoms with Crippen molar-refractivity contribution in [2.24, 2.45) is 4.99 Å². The van der Waals surface area contributed by atoms with Gasteiger partial charge in [-0.1, -0.05) is 18.2 Å². The van der Waals surface area contributed by atoms with Crippen LogP contribution < -0.4 is 9.47 Å². The highest BCUT2D eigenvalue weighted by molar-refractivity contribution is 9.10. The van der Waals surface area contributed by atoms with Crippen LogP contribution in [0.1, 0.15) is 18.1 Å². The van der Waals surface area contributed by atoms with Gasteiger partial charge < -0.3 is 9.47 Å². The number of hydrogen-bond acceptors (Lipinski definition) is 5. The summed E-state index contributed by atoms with van der Waals surface area (Å²) in [5.74, 6) is -0.00636. The number of thioether (sulfide) groups is 1. The average Bonchev–Trinajstić information content (AvgIpc) is 3.14. The summed E-state index contributed by atoms with van der Waals surface area (Å²) < 4.78 is 39.1. The minimum absolute atomic E-state index is 0.0328. The molecule has 0 unspecified atom stereocenters. The molecule has 1 aliphatic rings. The van der Waals surface area contributed by atoms with E-state index >= 15 is 0 Å². The first-order valence-electron chi connectivity index (χ1n) is 10.7. The van der Waals surface area contributed by atoms with E-state index in [2.05, 4.69) is 20.9 Å². The zero-order valence-corrected chi connectivity index (χ0v) is 21.3. The van der Waals surface area contributed by atoms with E-state index < -0.39 is 0 Å². The number of nitrogens with zero attached hydrogens (tertiary/aromatic N) is 2.